The molecule has 0 heterocycles. The molecule has 0 atom stereocenters. The van der Waals surface area contributed by atoms with Gasteiger partial charge in [0.15, 0.2) is 0 Å². The summed E-state index contributed by atoms with van der Waals surface area (Å²) in [6, 6.07) is 6.96. The molecule has 0 saturated carbocycles. The Bertz CT molecular complexity index is 295. The minimum atomic E-state index is 0.640. The predicted molar refractivity (Wildman–Crippen MR) is 75.3 cm³/mol. The van der Waals surface area contributed by atoms with Crippen LogP contribution in [-0.4, -0.2) is 0 Å². The van der Waals surface area contributed by atoms with Gasteiger partial charge in [-0.05, 0) is 34.9 Å². The Morgan fingerprint density at radius 3 is 1.88 bits per heavy atom. The second-order valence-electron chi connectivity index (χ2n) is 4.62. The van der Waals surface area contributed by atoms with Gasteiger partial charge < -0.3 is 0 Å². The second kappa shape index (κ2) is 7.49. The van der Waals surface area contributed by atoms with Crippen LogP contribution in [0, 0.1) is 0 Å². The first-order valence-electron chi connectivity index (χ1n) is 6.69. The van der Waals surface area contributed by atoms with Gasteiger partial charge in [-0.2, -0.15) is 0 Å². The summed E-state index contributed by atoms with van der Waals surface area (Å²) in [5, 5.41) is 0. The molecule has 0 aliphatic heterocycles. The quantitative estimate of drug-likeness (QED) is 0.629. The van der Waals surface area contributed by atoms with E-state index < -0.39 is 0 Å². The van der Waals surface area contributed by atoms with E-state index in [2.05, 4.69) is 52.8 Å². The molecule has 0 saturated heterocycles. The number of aryl methyl sites for hydroxylation is 1. The van der Waals surface area contributed by atoms with Crippen LogP contribution in [0.5, 0.6) is 0 Å². The molecule has 0 aliphatic rings. The van der Waals surface area contributed by atoms with Crippen molar-refractivity contribution in [2.75, 3.05) is 0 Å². The van der Waals surface area contributed by atoms with Gasteiger partial charge in [0.1, 0.15) is 0 Å². The average molecular weight is 220 g/mol. The van der Waals surface area contributed by atoms with Gasteiger partial charge in [-0.3, -0.25) is 0 Å². The molecular weight excluding hydrogens is 192 g/mol. The molecule has 0 aromatic heterocycles. The van der Waals surface area contributed by atoms with Crippen LogP contribution in [0.4, 0.5) is 0 Å². The Kier molecular flexibility index (Phi) is 7.12. The normalized spacial score (nSPS) is 10.3. The zero-order chi connectivity index (χ0) is 12.7. The lowest BCUT2D eigenvalue weighted by atomic mass is 9.91. The highest BCUT2D eigenvalue weighted by molar-refractivity contribution is 5.35. The predicted octanol–water partition coefficient (Wildman–Crippen LogP) is 5.52. The highest BCUT2D eigenvalue weighted by atomic mass is 14.1. The van der Waals surface area contributed by atoms with Crippen LogP contribution in [-0.2, 0) is 6.42 Å². The molecule has 0 amide bonds. The van der Waals surface area contributed by atoms with E-state index in [1.807, 2.05) is 13.8 Å². The third-order valence-electron chi connectivity index (χ3n) is 2.84. The molecule has 92 valence electrons. The highest BCUT2D eigenvalue weighted by Gasteiger charge is 2.07. The molecule has 0 spiro atoms. The van der Waals surface area contributed by atoms with Crippen molar-refractivity contribution in [2.45, 2.75) is 66.7 Å². The van der Waals surface area contributed by atoms with Crippen molar-refractivity contribution in [1.82, 2.24) is 0 Å². The van der Waals surface area contributed by atoms with E-state index >= 15 is 0 Å². The molecule has 1 aromatic carbocycles. The van der Waals surface area contributed by atoms with Crippen molar-refractivity contribution < 1.29 is 0 Å². The van der Waals surface area contributed by atoms with E-state index in [0.29, 0.717) is 11.8 Å². The van der Waals surface area contributed by atoms with Crippen LogP contribution < -0.4 is 0 Å². The molecule has 0 nitrogen and oxygen atoms in total. The van der Waals surface area contributed by atoms with Crippen LogP contribution in [0.1, 0.15) is 77.0 Å². The molecule has 0 N–H and O–H groups in total. The molecule has 0 bridgehead atoms. The van der Waals surface area contributed by atoms with Gasteiger partial charge in [-0.15, -0.1) is 0 Å². The Labute approximate surface area is 102 Å². The van der Waals surface area contributed by atoms with Crippen LogP contribution in [0.2, 0.25) is 0 Å². The summed E-state index contributed by atoms with van der Waals surface area (Å²) < 4.78 is 0. The Balaban J connectivity index is 0.00000106. The van der Waals surface area contributed by atoms with E-state index in [4.69, 9.17) is 0 Å². The van der Waals surface area contributed by atoms with E-state index in [0.717, 1.165) is 6.42 Å². The standard InChI is InChI=1S/C14H22.C2H6/c1-6-12-9-13(10(2)3)7-8-14(12)11(4)5;1-2/h7-11H,6H2,1-5H3;1-2H3. The summed E-state index contributed by atoms with van der Waals surface area (Å²) in [7, 11) is 0. The Morgan fingerprint density at radius 2 is 1.50 bits per heavy atom. The van der Waals surface area contributed by atoms with Gasteiger partial charge in [0, 0.05) is 0 Å². The molecule has 0 unspecified atom stereocenters. The SMILES string of the molecule is CC.CCc1cc(C(C)C)ccc1C(C)C. The minimum absolute atomic E-state index is 0.640. The van der Waals surface area contributed by atoms with Crippen LogP contribution in [0.15, 0.2) is 18.2 Å². The fourth-order valence-corrected chi connectivity index (χ4v) is 1.85. The van der Waals surface area contributed by atoms with E-state index in [-0.39, 0.29) is 0 Å². The number of hydrogen-bond acceptors (Lipinski definition) is 0. The summed E-state index contributed by atoms with van der Waals surface area (Å²) in [6.07, 6.45) is 1.15. The number of benzene rings is 1. The van der Waals surface area contributed by atoms with Gasteiger partial charge in [0.25, 0.3) is 0 Å². The lowest BCUT2D eigenvalue weighted by Crippen LogP contribution is -1.98. The summed E-state index contributed by atoms with van der Waals surface area (Å²) in [6.45, 7) is 15.3. The molecule has 0 aliphatic carbocycles. The van der Waals surface area contributed by atoms with Gasteiger partial charge in [0.2, 0.25) is 0 Å². The van der Waals surface area contributed by atoms with Crippen LogP contribution in [0.3, 0.4) is 0 Å². The summed E-state index contributed by atoms with van der Waals surface area (Å²) >= 11 is 0. The van der Waals surface area contributed by atoms with Crippen molar-refractivity contribution in [3.63, 3.8) is 0 Å². The van der Waals surface area contributed by atoms with E-state index in [1.54, 1.807) is 0 Å². The Hall–Kier alpha value is -0.780. The molecule has 1 aromatic rings. The lowest BCUT2D eigenvalue weighted by molar-refractivity contribution is 0.824. The zero-order valence-corrected chi connectivity index (χ0v) is 12.1. The van der Waals surface area contributed by atoms with Gasteiger partial charge in [-0.1, -0.05) is 66.7 Å². The van der Waals surface area contributed by atoms with E-state index in [1.165, 1.54) is 16.7 Å². The van der Waals surface area contributed by atoms with Crippen molar-refractivity contribution in [3.05, 3.63) is 34.9 Å². The van der Waals surface area contributed by atoms with Crippen molar-refractivity contribution >= 4 is 0 Å². The van der Waals surface area contributed by atoms with Gasteiger partial charge in [-0.25, -0.2) is 0 Å². The largest absolute Gasteiger partial charge is 0.0683 e. The van der Waals surface area contributed by atoms with Crippen molar-refractivity contribution in [3.8, 4) is 0 Å². The average Bonchev–Trinajstić information content (AvgIpc) is 2.30. The third kappa shape index (κ3) is 4.00. The Morgan fingerprint density at radius 1 is 0.938 bits per heavy atom. The maximum absolute atomic E-state index is 2.38. The molecular formula is C16H28. The van der Waals surface area contributed by atoms with Crippen LogP contribution >= 0.6 is 0 Å². The molecule has 0 fully saturated rings. The van der Waals surface area contributed by atoms with Crippen LogP contribution in [0.25, 0.3) is 0 Å². The molecule has 0 heteroatoms. The van der Waals surface area contributed by atoms with Gasteiger partial charge in [0.05, 0.1) is 0 Å². The smallest absolute Gasteiger partial charge is 0.0216 e. The first-order valence-corrected chi connectivity index (χ1v) is 6.69. The topological polar surface area (TPSA) is 0 Å². The fourth-order valence-electron chi connectivity index (χ4n) is 1.85. The lowest BCUT2D eigenvalue weighted by Gasteiger charge is -2.14. The second-order valence-corrected chi connectivity index (χ2v) is 4.62. The zero-order valence-electron chi connectivity index (χ0n) is 12.1. The maximum atomic E-state index is 2.38. The molecule has 0 radical (unpaired) electrons. The first-order chi connectivity index (χ1) is 7.56. The molecule has 1 rings (SSSR count). The number of hydrogen-bond donors (Lipinski definition) is 0. The summed E-state index contributed by atoms with van der Waals surface area (Å²) in [4.78, 5) is 0. The number of rotatable bonds is 3. The first kappa shape index (κ1) is 15.2. The molecule has 16 heavy (non-hydrogen) atoms. The van der Waals surface area contributed by atoms with Crippen molar-refractivity contribution in [1.29, 1.82) is 0 Å². The van der Waals surface area contributed by atoms with Gasteiger partial charge >= 0.3 is 0 Å². The third-order valence-corrected chi connectivity index (χ3v) is 2.84. The fraction of sp³-hybridized carbons (Fsp3) is 0.625. The summed E-state index contributed by atoms with van der Waals surface area (Å²) in [5.74, 6) is 1.28. The van der Waals surface area contributed by atoms with Crippen molar-refractivity contribution in [2.24, 2.45) is 0 Å². The minimum Gasteiger partial charge on any atom is -0.0683 e. The van der Waals surface area contributed by atoms with E-state index in [9.17, 15) is 0 Å². The highest BCUT2D eigenvalue weighted by Crippen LogP contribution is 2.24. The monoisotopic (exact) mass is 220 g/mol. The maximum Gasteiger partial charge on any atom is -0.0216 e. The summed E-state index contributed by atoms with van der Waals surface area (Å²) in [5.41, 5.74) is 4.49.